The highest BCUT2D eigenvalue weighted by molar-refractivity contribution is 7.90. The van der Waals surface area contributed by atoms with E-state index in [9.17, 15) is 31.9 Å². The summed E-state index contributed by atoms with van der Waals surface area (Å²) < 4.78 is 59.3. The number of amides is 2. The minimum absolute atomic E-state index is 0.0226. The first-order chi connectivity index (χ1) is 23.0. The summed E-state index contributed by atoms with van der Waals surface area (Å²) in [6.45, 7) is 6.06. The van der Waals surface area contributed by atoms with Crippen molar-refractivity contribution in [1.82, 2.24) is 10.2 Å². The number of hydrogen-bond acceptors (Lipinski definition) is 6. The maximum Gasteiger partial charge on any atom is 0.404 e. The SMILES string of the molecule is COc1ccc(-c2ccc(S(C)(=O)=O)cc2)cc1CN(C(=O)c1sc2c(F)ccc(F)c2c1Cl)C1CCC(C(NC(=O)O)C(C)(C)C)CC1. The van der Waals surface area contributed by atoms with Gasteiger partial charge in [-0.3, -0.25) is 4.79 Å². The fourth-order valence-corrected chi connectivity index (χ4v) is 8.95. The van der Waals surface area contributed by atoms with Crippen molar-refractivity contribution in [3.05, 3.63) is 81.7 Å². The van der Waals surface area contributed by atoms with Gasteiger partial charge >= 0.3 is 6.09 Å². The van der Waals surface area contributed by atoms with Crippen LogP contribution in [0.1, 0.15) is 61.7 Å². The lowest BCUT2D eigenvalue weighted by Gasteiger charge is -2.43. The van der Waals surface area contributed by atoms with Gasteiger partial charge < -0.3 is 20.1 Å². The zero-order chi connectivity index (χ0) is 35.8. The van der Waals surface area contributed by atoms with Crippen LogP contribution >= 0.6 is 22.9 Å². The zero-order valence-electron chi connectivity index (χ0n) is 27.8. The number of methoxy groups -OCH3 is 1. The molecule has 49 heavy (non-hydrogen) atoms. The van der Waals surface area contributed by atoms with Gasteiger partial charge in [0.25, 0.3) is 5.91 Å². The number of nitrogens with zero attached hydrogens (tertiary/aromatic N) is 1. The van der Waals surface area contributed by atoms with E-state index in [0.29, 0.717) is 37.0 Å². The average Bonchev–Trinajstić information content (AvgIpc) is 3.41. The first-order valence-corrected chi connectivity index (χ1v) is 18.9. The highest BCUT2D eigenvalue weighted by Gasteiger charge is 2.39. The molecule has 262 valence electrons. The third-order valence-corrected chi connectivity index (χ3v) is 12.0. The minimum Gasteiger partial charge on any atom is -0.496 e. The third-order valence-electron chi connectivity index (χ3n) is 9.24. The van der Waals surface area contributed by atoms with Gasteiger partial charge in [0.05, 0.1) is 27.1 Å². The average molecular weight is 733 g/mol. The number of sulfone groups is 1. The summed E-state index contributed by atoms with van der Waals surface area (Å²) in [5.41, 5.74) is 1.85. The molecular formula is C36H39ClF2N2O6S2. The summed E-state index contributed by atoms with van der Waals surface area (Å²) in [4.78, 5) is 28.0. The quantitative estimate of drug-likeness (QED) is 0.178. The molecule has 0 radical (unpaired) electrons. The molecule has 0 spiro atoms. The second kappa shape index (κ2) is 14.2. The molecule has 0 bridgehead atoms. The number of benzene rings is 3. The number of nitrogens with one attached hydrogen (secondary N) is 1. The van der Waals surface area contributed by atoms with Gasteiger partial charge in [-0.05, 0) is 84.5 Å². The van der Waals surface area contributed by atoms with Crippen LogP contribution in [0.5, 0.6) is 5.75 Å². The number of fused-ring (bicyclic) bond motifs is 1. The van der Waals surface area contributed by atoms with Gasteiger partial charge in [-0.1, -0.05) is 50.6 Å². The summed E-state index contributed by atoms with van der Waals surface area (Å²) >= 11 is 7.42. The van der Waals surface area contributed by atoms with Crippen LogP contribution in [-0.2, 0) is 16.4 Å². The van der Waals surface area contributed by atoms with Crippen LogP contribution in [-0.4, -0.2) is 55.9 Å². The van der Waals surface area contributed by atoms with Crippen LogP contribution in [0.3, 0.4) is 0 Å². The molecule has 1 saturated carbocycles. The summed E-state index contributed by atoms with van der Waals surface area (Å²) in [7, 11) is -1.86. The van der Waals surface area contributed by atoms with Gasteiger partial charge in [0.15, 0.2) is 9.84 Å². The van der Waals surface area contributed by atoms with Crippen LogP contribution in [0.2, 0.25) is 5.02 Å². The Hall–Kier alpha value is -3.74. The van der Waals surface area contributed by atoms with Crippen LogP contribution in [0.25, 0.3) is 21.2 Å². The van der Waals surface area contributed by atoms with Crippen molar-refractivity contribution in [2.75, 3.05) is 13.4 Å². The Labute approximate surface area is 294 Å². The molecule has 8 nitrogen and oxygen atoms in total. The number of halogens is 3. The number of rotatable bonds is 9. The minimum atomic E-state index is -3.38. The van der Waals surface area contributed by atoms with E-state index in [-0.39, 0.29) is 54.8 Å². The molecule has 5 rings (SSSR count). The van der Waals surface area contributed by atoms with Gasteiger partial charge in [0, 0.05) is 30.4 Å². The molecule has 1 atom stereocenters. The molecule has 1 heterocycles. The first-order valence-electron chi connectivity index (χ1n) is 15.8. The Morgan fingerprint density at radius 3 is 2.18 bits per heavy atom. The fourth-order valence-electron chi connectivity index (χ4n) is 6.81. The molecule has 0 saturated heterocycles. The molecule has 1 aromatic heterocycles. The number of carbonyl (C=O) groups excluding carboxylic acids is 1. The van der Waals surface area contributed by atoms with E-state index >= 15 is 0 Å². The van der Waals surface area contributed by atoms with Crippen molar-refractivity contribution < 1.29 is 36.6 Å². The number of thiophene rings is 1. The largest absolute Gasteiger partial charge is 0.496 e. The van der Waals surface area contributed by atoms with E-state index in [0.717, 1.165) is 40.9 Å². The standard InChI is InChI=1S/C36H39ClF2N2O6S2/c1-36(2,3)33(40-35(43)44)21-6-11-24(12-7-21)41(34(42)32-30(37)29-26(38)15-16-27(39)31(29)48-32)19-23-18-22(10-17-28(23)47-4)20-8-13-25(14-9-20)49(5,45)46/h8-10,13-18,21,24,33,40H,6-7,11-12,19H2,1-5H3,(H,43,44). The van der Waals surface area contributed by atoms with E-state index < -0.39 is 33.5 Å². The van der Waals surface area contributed by atoms with Crippen molar-refractivity contribution >= 4 is 54.9 Å². The molecule has 1 aliphatic carbocycles. The maximum atomic E-state index is 14.8. The van der Waals surface area contributed by atoms with Crippen LogP contribution in [0.15, 0.2) is 59.5 Å². The van der Waals surface area contributed by atoms with E-state index in [1.165, 1.54) is 19.2 Å². The van der Waals surface area contributed by atoms with Crippen LogP contribution in [0.4, 0.5) is 13.6 Å². The van der Waals surface area contributed by atoms with Gasteiger partial charge in [-0.25, -0.2) is 22.0 Å². The summed E-state index contributed by atoms with van der Waals surface area (Å²) in [6, 6.07) is 13.4. The van der Waals surface area contributed by atoms with Crippen molar-refractivity contribution in [1.29, 1.82) is 0 Å². The second-order valence-corrected chi connectivity index (χ2v) is 17.0. The molecular weight excluding hydrogens is 694 g/mol. The Morgan fingerprint density at radius 1 is 1.02 bits per heavy atom. The molecule has 2 amide bonds. The number of hydrogen-bond donors (Lipinski definition) is 2. The lowest BCUT2D eigenvalue weighted by Crippen LogP contribution is -2.50. The molecule has 1 unspecified atom stereocenters. The van der Waals surface area contributed by atoms with E-state index in [1.54, 1.807) is 23.1 Å². The van der Waals surface area contributed by atoms with E-state index in [1.807, 2.05) is 32.9 Å². The number of carboxylic acid groups (broad SMARTS) is 1. The predicted octanol–water partition coefficient (Wildman–Crippen LogP) is 8.80. The van der Waals surface area contributed by atoms with Crippen LogP contribution < -0.4 is 10.1 Å². The monoisotopic (exact) mass is 732 g/mol. The Kier molecular flexibility index (Phi) is 10.6. The molecule has 0 aliphatic heterocycles. The highest BCUT2D eigenvalue weighted by Crippen LogP contribution is 2.42. The summed E-state index contributed by atoms with van der Waals surface area (Å²) in [5, 5.41) is 12.0. The molecule has 1 aliphatic rings. The predicted molar refractivity (Wildman–Crippen MR) is 188 cm³/mol. The lowest BCUT2D eigenvalue weighted by molar-refractivity contribution is 0.0543. The van der Waals surface area contributed by atoms with Gasteiger partial charge in [0.2, 0.25) is 0 Å². The van der Waals surface area contributed by atoms with Crippen LogP contribution in [0, 0.1) is 23.0 Å². The third kappa shape index (κ3) is 7.86. The van der Waals surface area contributed by atoms with Crippen molar-refractivity contribution in [3.8, 4) is 16.9 Å². The lowest BCUT2D eigenvalue weighted by atomic mass is 9.72. The van der Waals surface area contributed by atoms with Crippen molar-refractivity contribution in [3.63, 3.8) is 0 Å². The topological polar surface area (TPSA) is 113 Å². The van der Waals surface area contributed by atoms with Gasteiger partial charge in [0.1, 0.15) is 22.3 Å². The Morgan fingerprint density at radius 2 is 1.63 bits per heavy atom. The van der Waals surface area contributed by atoms with E-state index in [4.69, 9.17) is 16.3 Å². The number of ether oxygens (including phenoxy) is 1. The zero-order valence-corrected chi connectivity index (χ0v) is 30.2. The molecule has 3 aromatic carbocycles. The number of carbonyl (C=O) groups is 2. The second-order valence-electron chi connectivity index (χ2n) is 13.6. The Bertz CT molecular complexity index is 1990. The molecule has 2 N–H and O–H groups in total. The van der Waals surface area contributed by atoms with Gasteiger partial charge in [-0.2, -0.15) is 0 Å². The molecule has 4 aromatic rings. The molecule has 1 fully saturated rings. The molecule has 13 heteroatoms. The van der Waals surface area contributed by atoms with Crippen molar-refractivity contribution in [2.24, 2.45) is 11.3 Å². The maximum absolute atomic E-state index is 14.8. The Balaban J connectivity index is 1.53. The highest BCUT2D eigenvalue weighted by atomic mass is 35.5. The first kappa shape index (κ1) is 36.5. The summed E-state index contributed by atoms with van der Waals surface area (Å²) in [6.07, 6.45) is 2.46. The van der Waals surface area contributed by atoms with E-state index in [2.05, 4.69) is 5.32 Å². The van der Waals surface area contributed by atoms with Gasteiger partial charge in [-0.15, -0.1) is 11.3 Å². The summed E-state index contributed by atoms with van der Waals surface area (Å²) in [5.74, 6) is -1.33. The smallest absolute Gasteiger partial charge is 0.404 e. The van der Waals surface area contributed by atoms with Crippen molar-refractivity contribution in [2.45, 2.75) is 70.0 Å². The fraction of sp³-hybridized carbons (Fsp3) is 0.389. The normalized spacial score (nSPS) is 17.5.